The van der Waals surface area contributed by atoms with Gasteiger partial charge in [0.25, 0.3) is 30.4 Å². The predicted octanol–water partition coefficient (Wildman–Crippen LogP) is 4.61. The smallest absolute Gasteiger partial charge is 0.294 e. The monoisotopic (exact) mass is 666 g/mol. The first-order valence-electron chi connectivity index (χ1n) is 13.5. The van der Waals surface area contributed by atoms with Crippen LogP contribution in [0.2, 0.25) is 0 Å². The fraction of sp³-hybridized carbons (Fsp3) is 0.345. The largest absolute Gasteiger partial charge is 0.385 e. The molecule has 2 aromatic carbocycles. The van der Waals surface area contributed by atoms with Gasteiger partial charge >= 0.3 is 0 Å². The Bertz CT molecular complexity index is 1910. The molecule has 0 amide bonds. The van der Waals surface area contributed by atoms with Crippen molar-refractivity contribution in [3.8, 4) is 0 Å². The SMILES string of the molecule is COCCC1(C)\C(=C/C=C/C=C/C2=Nc3ccc(S(=O)(=O)O)cc3C2(C)CCCS(=O)(=O)O)Nc2ccc(S(=O)(=O)O)cc21. The standard InChI is InChI=1S/C29H34N2O10S3/c1-28(14-7-17-42(32,33)34)22-18-20(43(35,36)37)10-12-24(22)30-26(28)8-5-4-6-9-27-29(2,15-16-41-3)23-19-21(44(38,39)40)11-13-25(23)31-27/h4-6,8-13,18-19,31H,7,14-17H2,1-3H3,(H,32,33,34)(H,35,36,37)(H,38,39,40)/b6-4+,8-5+,27-9+. The summed E-state index contributed by atoms with van der Waals surface area (Å²) in [6.07, 6.45) is 9.60. The molecule has 44 heavy (non-hydrogen) atoms. The average molecular weight is 667 g/mol. The second kappa shape index (κ2) is 12.3. The molecule has 4 rings (SSSR count). The summed E-state index contributed by atoms with van der Waals surface area (Å²) >= 11 is 0. The Kier molecular flexibility index (Phi) is 9.43. The molecule has 15 heteroatoms. The molecule has 0 aliphatic carbocycles. The normalized spacial score (nSPS) is 22.9. The van der Waals surface area contributed by atoms with Crippen LogP contribution in [0.25, 0.3) is 0 Å². The molecule has 2 aliphatic rings. The lowest BCUT2D eigenvalue weighted by atomic mass is 9.76. The highest BCUT2D eigenvalue weighted by molar-refractivity contribution is 7.86. The molecule has 2 unspecified atom stereocenters. The van der Waals surface area contributed by atoms with Crippen molar-refractivity contribution in [2.24, 2.45) is 4.99 Å². The van der Waals surface area contributed by atoms with Crippen molar-refractivity contribution >= 4 is 47.4 Å². The molecule has 0 fully saturated rings. The molecule has 2 aliphatic heterocycles. The number of ether oxygens (including phenoxy) is 1. The van der Waals surface area contributed by atoms with Gasteiger partial charge in [0, 0.05) is 35.9 Å². The van der Waals surface area contributed by atoms with Gasteiger partial charge in [0.15, 0.2) is 0 Å². The zero-order valence-corrected chi connectivity index (χ0v) is 26.7. The number of anilines is 1. The van der Waals surface area contributed by atoms with Crippen LogP contribution in [-0.4, -0.2) is 64.1 Å². The fourth-order valence-corrected chi connectivity index (χ4v) is 7.06. The van der Waals surface area contributed by atoms with Crippen molar-refractivity contribution in [1.82, 2.24) is 0 Å². The molecule has 2 aromatic rings. The lowest BCUT2D eigenvalue weighted by Gasteiger charge is -2.26. The minimum atomic E-state index is -4.49. The van der Waals surface area contributed by atoms with E-state index in [1.54, 1.807) is 44.4 Å². The van der Waals surface area contributed by atoms with Crippen LogP contribution in [0.15, 0.2) is 87.3 Å². The van der Waals surface area contributed by atoms with Gasteiger partial charge in [0.05, 0.1) is 26.9 Å². The highest BCUT2D eigenvalue weighted by Crippen LogP contribution is 2.47. The zero-order valence-electron chi connectivity index (χ0n) is 24.3. The Morgan fingerprint density at radius 1 is 0.841 bits per heavy atom. The van der Waals surface area contributed by atoms with Crippen LogP contribution >= 0.6 is 0 Å². The highest BCUT2D eigenvalue weighted by Gasteiger charge is 2.40. The Morgan fingerprint density at radius 3 is 2.09 bits per heavy atom. The van der Waals surface area contributed by atoms with Gasteiger partial charge in [0.2, 0.25) is 0 Å². The zero-order chi connectivity index (χ0) is 32.6. The van der Waals surface area contributed by atoms with E-state index >= 15 is 0 Å². The Morgan fingerprint density at radius 2 is 1.48 bits per heavy atom. The molecular formula is C29H34N2O10S3. The van der Waals surface area contributed by atoms with Gasteiger partial charge in [-0.05, 0) is 92.8 Å². The third-order valence-corrected chi connectivity index (χ3v) is 10.5. The van der Waals surface area contributed by atoms with Crippen LogP contribution in [0.1, 0.15) is 44.2 Å². The number of rotatable bonds is 12. The van der Waals surface area contributed by atoms with E-state index in [1.807, 2.05) is 13.0 Å². The number of methoxy groups -OCH3 is 1. The van der Waals surface area contributed by atoms with Gasteiger partial charge in [-0.2, -0.15) is 25.3 Å². The minimum absolute atomic E-state index is 0.0747. The van der Waals surface area contributed by atoms with Gasteiger partial charge in [-0.1, -0.05) is 18.2 Å². The number of allylic oxidation sites excluding steroid dienone is 6. The highest BCUT2D eigenvalue weighted by atomic mass is 32.2. The van der Waals surface area contributed by atoms with Gasteiger partial charge in [-0.3, -0.25) is 18.7 Å². The van der Waals surface area contributed by atoms with Gasteiger partial charge in [-0.25, -0.2) is 0 Å². The molecule has 238 valence electrons. The van der Waals surface area contributed by atoms with Gasteiger partial charge in [0.1, 0.15) is 0 Å². The Hall–Kier alpha value is -3.18. The number of fused-ring (bicyclic) bond motifs is 2. The molecule has 0 bridgehead atoms. The van der Waals surface area contributed by atoms with Crippen molar-refractivity contribution in [2.75, 3.05) is 24.8 Å². The van der Waals surface area contributed by atoms with Crippen LogP contribution in [-0.2, 0) is 45.9 Å². The van der Waals surface area contributed by atoms with Crippen molar-refractivity contribution in [3.05, 3.63) is 83.6 Å². The number of nitrogens with one attached hydrogen (secondary N) is 1. The maximum Gasteiger partial charge on any atom is 0.294 e. The first-order chi connectivity index (χ1) is 20.4. The first-order valence-corrected chi connectivity index (χ1v) is 18.0. The first kappa shape index (κ1) is 33.7. The van der Waals surface area contributed by atoms with Crippen LogP contribution in [0.4, 0.5) is 11.4 Å². The molecule has 0 saturated heterocycles. The van der Waals surface area contributed by atoms with Crippen molar-refractivity contribution in [1.29, 1.82) is 0 Å². The van der Waals surface area contributed by atoms with Crippen LogP contribution in [0.5, 0.6) is 0 Å². The summed E-state index contributed by atoms with van der Waals surface area (Å²) in [6.45, 7) is 4.12. The molecule has 2 heterocycles. The van der Waals surface area contributed by atoms with Crippen molar-refractivity contribution < 1.29 is 43.6 Å². The molecule has 0 radical (unpaired) electrons. The van der Waals surface area contributed by atoms with E-state index < -0.39 is 46.9 Å². The summed E-state index contributed by atoms with van der Waals surface area (Å²) in [4.78, 5) is 4.11. The van der Waals surface area contributed by atoms with Gasteiger partial charge in [-0.15, -0.1) is 0 Å². The summed E-state index contributed by atoms with van der Waals surface area (Å²) in [5.41, 5.74) is 2.12. The van der Waals surface area contributed by atoms with E-state index in [4.69, 9.17) is 4.74 Å². The topological polar surface area (TPSA) is 197 Å². The summed E-state index contributed by atoms with van der Waals surface area (Å²) < 4.78 is 103. The molecular weight excluding hydrogens is 633 g/mol. The summed E-state index contributed by atoms with van der Waals surface area (Å²) in [7, 11) is -11.5. The molecule has 0 aromatic heterocycles. The van der Waals surface area contributed by atoms with Crippen molar-refractivity contribution in [3.63, 3.8) is 0 Å². The van der Waals surface area contributed by atoms with E-state index in [0.29, 0.717) is 41.2 Å². The summed E-state index contributed by atoms with van der Waals surface area (Å²) in [5, 5.41) is 3.31. The number of hydrogen-bond acceptors (Lipinski definition) is 9. The molecule has 2 atom stereocenters. The quantitative estimate of drug-likeness (QED) is 0.182. The minimum Gasteiger partial charge on any atom is -0.385 e. The molecule has 12 nitrogen and oxygen atoms in total. The number of hydrogen-bond donors (Lipinski definition) is 4. The summed E-state index contributed by atoms with van der Waals surface area (Å²) in [5.74, 6) is -0.483. The molecule has 4 N–H and O–H groups in total. The average Bonchev–Trinajstić information content (AvgIpc) is 3.35. The fourth-order valence-electron chi connectivity index (χ4n) is 5.54. The van der Waals surface area contributed by atoms with E-state index in [-0.39, 0.29) is 22.6 Å². The second-order valence-corrected chi connectivity index (χ2v) is 15.5. The number of benzene rings is 2. The second-order valence-electron chi connectivity index (χ2n) is 11.1. The third kappa shape index (κ3) is 7.20. The van der Waals surface area contributed by atoms with Crippen LogP contribution < -0.4 is 5.32 Å². The molecule has 0 spiro atoms. The maximum atomic E-state index is 11.8. The van der Waals surface area contributed by atoms with E-state index in [2.05, 4.69) is 10.3 Å². The predicted molar refractivity (Wildman–Crippen MR) is 166 cm³/mol. The van der Waals surface area contributed by atoms with E-state index in [9.17, 15) is 38.9 Å². The number of aliphatic imine (C=N–C) groups is 1. The van der Waals surface area contributed by atoms with Gasteiger partial charge < -0.3 is 10.1 Å². The van der Waals surface area contributed by atoms with Crippen LogP contribution in [0.3, 0.4) is 0 Å². The Balaban J connectivity index is 1.62. The molecule has 0 saturated carbocycles. The van der Waals surface area contributed by atoms with E-state index in [0.717, 1.165) is 5.70 Å². The maximum absolute atomic E-state index is 11.8. The van der Waals surface area contributed by atoms with E-state index in [1.165, 1.54) is 30.3 Å². The third-order valence-electron chi connectivity index (χ3n) is 8.04. The Labute approximate surface area is 257 Å². The lowest BCUT2D eigenvalue weighted by Crippen LogP contribution is -2.29. The van der Waals surface area contributed by atoms with Crippen LogP contribution in [0, 0.1) is 0 Å². The lowest BCUT2D eigenvalue weighted by molar-refractivity contribution is 0.179. The van der Waals surface area contributed by atoms with Crippen molar-refractivity contribution in [2.45, 2.75) is 53.7 Å². The summed E-state index contributed by atoms with van der Waals surface area (Å²) in [6, 6.07) is 8.40. The number of nitrogens with zero attached hydrogens (tertiary/aromatic N) is 1.